The number of ether oxygens (including phenoxy) is 1. The third kappa shape index (κ3) is 2.48. The maximum Gasteiger partial charge on any atom is 0.180 e. The minimum Gasteiger partial charge on any atom is -0.453 e. The minimum absolute atomic E-state index is 0.0416. The van der Waals surface area contributed by atoms with Gasteiger partial charge in [-0.05, 0) is 40.2 Å². The zero-order valence-electron chi connectivity index (χ0n) is 9.15. The van der Waals surface area contributed by atoms with Crippen molar-refractivity contribution in [2.24, 2.45) is 5.73 Å². The van der Waals surface area contributed by atoms with Gasteiger partial charge < -0.3 is 10.5 Å². The van der Waals surface area contributed by atoms with Crippen molar-refractivity contribution in [1.82, 2.24) is 4.98 Å². The zero-order chi connectivity index (χ0) is 13.1. The van der Waals surface area contributed by atoms with Crippen molar-refractivity contribution in [2.45, 2.75) is 0 Å². The van der Waals surface area contributed by atoms with Crippen LogP contribution < -0.4 is 10.5 Å². The van der Waals surface area contributed by atoms with E-state index in [0.29, 0.717) is 5.75 Å². The van der Waals surface area contributed by atoms with Crippen LogP contribution in [0.25, 0.3) is 0 Å². The van der Waals surface area contributed by atoms with Crippen LogP contribution >= 0.6 is 15.9 Å². The lowest BCUT2D eigenvalue weighted by Gasteiger charge is -2.09. The Kier molecular flexibility index (Phi) is 3.57. The highest BCUT2D eigenvalue weighted by atomic mass is 79.9. The fourth-order valence-corrected chi connectivity index (χ4v) is 1.89. The highest BCUT2D eigenvalue weighted by Crippen LogP contribution is 2.31. The normalized spacial score (nSPS) is 10.1. The number of hydrogen-bond donors (Lipinski definition) is 2. The Morgan fingerprint density at radius 2 is 2.17 bits per heavy atom. The van der Waals surface area contributed by atoms with Crippen LogP contribution in [0.5, 0.6) is 11.5 Å². The van der Waals surface area contributed by atoms with Crippen molar-refractivity contribution in [1.29, 1.82) is 5.41 Å². The molecule has 0 fully saturated rings. The predicted molar refractivity (Wildman–Crippen MR) is 69.4 cm³/mol. The lowest BCUT2D eigenvalue weighted by Crippen LogP contribution is -2.12. The van der Waals surface area contributed by atoms with Crippen molar-refractivity contribution >= 4 is 21.8 Å². The predicted octanol–water partition coefficient (Wildman–Crippen LogP) is 3.06. The van der Waals surface area contributed by atoms with E-state index in [-0.39, 0.29) is 21.6 Å². The van der Waals surface area contributed by atoms with Crippen LogP contribution in [0.1, 0.15) is 5.56 Å². The SMILES string of the molecule is N=C(N)c1ccc(Oc2cccnc2)c(F)c1Br. The molecule has 0 bridgehead atoms. The van der Waals surface area contributed by atoms with Gasteiger partial charge in [-0.3, -0.25) is 10.4 Å². The Morgan fingerprint density at radius 3 is 2.78 bits per heavy atom. The average Bonchev–Trinajstić information content (AvgIpc) is 2.36. The molecule has 92 valence electrons. The third-order valence-electron chi connectivity index (χ3n) is 2.20. The molecule has 0 spiro atoms. The number of nitrogens with one attached hydrogen (secondary N) is 1. The largest absolute Gasteiger partial charge is 0.453 e. The van der Waals surface area contributed by atoms with Crippen LogP contribution in [-0.2, 0) is 0 Å². The first kappa shape index (κ1) is 12.5. The maximum atomic E-state index is 14.0. The van der Waals surface area contributed by atoms with Gasteiger partial charge in [0.1, 0.15) is 11.6 Å². The fourth-order valence-electron chi connectivity index (χ4n) is 1.35. The standard InChI is InChI=1S/C12H9BrFN3O/c13-10-8(12(15)16)3-4-9(11(10)14)18-7-2-1-5-17-6-7/h1-6H,(H3,15,16). The van der Waals surface area contributed by atoms with E-state index in [4.69, 9.17) is 15.9 Å². The zero-order valence-corrected chi connectivity index (χ0v) is 10.7. The van der Waals surface area contributed by atoms with Crippen molar-refractivity contribution in [2.75, 3.05) is 0 Å². The molecule has 0 aliphatic heterocycles. The Hall–Kier alpha value is -1.95. The van der Waals surface area contributed by atoms with E-state index in [9.17, 15) is 4.39 Å². The molecule has 1 aromatic heterocycles. The van der Waals surface area contributed by atoms with Gasteiger partial charge in [-0.1, -0.05) is 0 Å². The van der Waals surface area contributed by atoms with Crippen LogP contribution in [0.15, 0.2) is 41.1 Å². The molecule has 18 heavy (non-hydrogen) atoms. The van der Waals surface area contributed by atoms with Crippen LogP contribution in [-0.4, -0.2) is 10.8 Å². The van der Waals surface area contributed by atoms with E-state index in [1.807, 2.05) is 0 Å². The molecule has 0 aliphatic rings. The Morgan fingerprint density at radius 1 is 1.39 bits per heavy atom. The summed E-state index contributed by atoms with van der Waals surface area (Å²) in [5.74, 6) is -0.348. The second-order valence-electron chi connectivity index (χ2n) is 3.44. The number of pyridine rings is 1. The number of aromatic nitrogens is 1. The van der Waals surface area contributed by atoms with Crippen LogP contribution in [0, 0.1) is 11.2 Å². The first-order valence-corrected chi connectivity index (χ1v) is 5.79. The number of amidine groups is 1. The monoisotopic (exact) mass is 309 g/mol. The summed E-state index contributed by atoms with van der Waals surface area (Å²) in [6.45, 7) is 0. The van der Waals surface area contributed by atoms with E-state index >= 15 is 0 Å². The fraction of sp³-hybridized carbons (Fsp3) is 0. The summed E-state index contributed by atoms with van der Waals surface area (Å²) < 4.78 is 19.4. The molecule has 1 heterocycles. The highest BCUT2D eigenvalue weighted by molar-refractivity contribution is 9.10. The molecule has 1 aromatic carbocycles. The molecule has 0 atom stereocenters. The van der Waals surface area contributed by atoms with E-state index in [2.05, 4.69) is 20.9 Å². The van der Waals surface area contributed by atoms with Crippen molar-refractivity contribution in [3.63, 3.8) is 0 Å². The average molecular weight is 310 g/mol. The number of rotatable bonds is 3. The summed E-state index contributed by atoms with van der Waals surface area (Å²) >= 11 is 3.05. The Labute approximate surface area is 111 Å². The first-order valence-electron chi connectivity index (χ1n) is 5.00. The minimum atomic E-state index is -0.605. The first-order chi connectivity index (χ1) is 8.59. The number of benzene rings is 1. The summed E-state index contributed by atoms with van der Waals surface area (Å²) in [6.07, 6.45) is 3.07. The molecule has 4 nitrogen and oxygen atoms in total. The molecule has 0 unspecified atom stereocenters. The lowest BCUT2D eigenvalue weighted by atomic mass is 10.2. The van der Waals surface area contributed by atoms with Gasteiger partial charge in [0, 0.05) is 11.8 Å². The summed E-state index contributed by atoms with van der Waals surface area (Å²) in [6, 6.07) is 6.29. The van der Waals surface area contributed by atoms with Crippen LogP contribution in [0.3, 0.4) is 0 Å². The number of nitrogens with zero attached hydrogens (tertiary/aromatic N) is 1. The summed E-state index contributed by atoms with van der Waals surface area (Å²) in [5, 5.41) is 7.29. The molecule has 3 N–H and O–H groups in total. The van der Waals surface area contributed by atoms with Gasteiger partial charge in [0.25, 0.3) is 0 Å². The lowest BCUT2D eigenvalue weighted by molar-refractivity contribution is 0.438. The molecular formula is C12H9BrFN3O. The molecule has 0 aliphatic carbocycles. The quantitative estimate of drug-likeness (QED) is 0.676. The van der Waals surface area contributed by atoms with E-state index in [0.717, 1.165) is 0 Å². The Balaban J connectivity index is 2.36. The number of halogens is 2. The van der Waals surface area contributed by atoms with Crippen LogP contribution in [0.2, 0.25) is 0 Å². The van der Waals surface area contributed by atoms with Gasteiger partial charge in [-0.25, -0.2) is 4.39 Å². The van der Waals surface area contributed by atoms with Gasteiger partial charge in [0.2, 0.25) is 0 Å². The van der Waals surface area contributed by atoms with Crippen LogP contribution in [0.4, 0.5) is 4.39 Å². The third-order valence-corrected chi connectivity index (χ3v) is 2.97. The number of hydrogen-bond acceptors (Lipinski definition) is 3. The molecular weight excluding hydrogens is 301 g/mol. The van der Waals surface area contributed by atoms with Gasteiger partial charge >= 0.3 is 0 Å². The highest BCUT2D eigenvalue weighted by Gasteiger charge is 2.14. The molecule has 0 radical (unpaired) electrons. The van der Waals surface area contributed by atoms with Gasteiger partial charge in [-0.2, -0.15) is 0 Å². The summed E-state index contributed by atoms with van der Waals surface area (Å²) in [4.78, 5) is 3.87. The van der Waals surface area contributed by atoms with Gasteiger partial charge in [0.05, 0.1) is 10.7 Å². The summed E-state index contributed by atoms with van der Waals surface area (Å²) in [7, 11) is 0. The molecule has 2 aromatic rings. The van der Waals surface area contributed by atoms with Crippen molar-refractivity contribution in [3.8, 4) is 11.5 Å². The van der Waals surface area contributed by atoms with E-state index < -0.39 is 5.82 Å². The molecule has 0 saturated carbocycles. The molecule has 0 amide bonds. The molecule has 2 rings (SSSR count). The molecule has 6 heteroatoms. The Bertz CT molecular complexity index is 589. The van der Waals surface area contributed by atoms with Crippen molar-refractivity contribution < 1.29 is 9.13 Å². The van der Waals surface area contributed by atoms with Crippen molar-refractivity contribution in [3.05, 3.63) is 52.5 Å². The van der Waals surface area contributed by atoms with E-state index in [1.54, 1.807) is 18.3 Å². The molecule has 0 saturated heterocycles. The number of nitrogen functional groups attached to an aromatic ring is 1. The maximum absolute atomic E-state index is 14.0. The van der Waals surface area contributed by atoms with Gasteiger partial charge in [-0.15, -0.1) is 0 Å². The van der Waals surface area contributed by atoms with E-state index in [1.165, 1.54) is 18.3 Å². The topological polar surface area (TPSA) is 72.0 Å². The smallest absolute Gasteiger partial charge is 0.180 e. The second kappa shape index (κ2) is 5.14. The van der Waals surface area contributed by atoms with Gasteiger partial charge in [0.15, 0.2) is 11.6 Å². The second-order valence-corrected chi connectivity index (χ2v) is 4.24. The number of nitrogens with two attached hydrogens (primary N) is 1. The summed E-state index contributed by atoms with van der Waals surface area (Å²) in [5.41, 5.74) is 5.61.